The van der Waals surface area contributed by atoms with E-state index in [1.165, 1.54) is 12.1 Å². The second kappa shape index (κ2) is 6.31. The van der Waals surface area contributed by atoms with Crippen LogP contribution in [0.25, 0.3) is 0 Å². The number of imidazole rings is 1. The maximum Gasteiger partial charge on any atom is 0.269 e. The van der Waals surface area contributed by atoms with E-state index in [2.05, 4.69) is 4.98 Å². The lowest BCUT2D eigenvalue weighted by Crippen LogP contribution is -2.05. The lowest BCUT2D eigenvalue weighted by molar-refractivity contribution is -0.384. The number of nitro groups is 1. The number of benzene rings is 2. The Morgan fingerprint density at radius 3 is 2.61 bits per heavy atom. The van der Waals surface area contributed by atoms with Crippen molar-refractivity contribution in [3.8, 4) is 5.75 Å². The largest absolute Gasteiger partial charge is 0.508 e. The van der Waals surface area contributed by atoms with Crippen molar-refractivity contribution >= 4 is 5.69 Å². The van der Waals surface area contributed by atoms with E-state index in [-0.39, 0.29) is 11.4 Å². The summed E-state index contributed by atoms with van der Waals surface area (Å²) in [6.45, 7) is 0.608. The van der Waals surface area contributed by atoms with Crippen molar-refractivity contribution in [1.82, 2.24) is 9.55 Å². The molecule has 0 spiro atoms. The van der Waals surface area contributed by atoms with Gasteiger partial charge in [0.1, 0.15) is 11.6 Å². The Morgan fingerprint density at radius 1 is 1.13 bits per heavy atom. The highest BCUT2D eigenvalue weighted by atomic mass is 16.6. The summed E-state index contributed by atoms with van der Waals surface area (Å²) in [6.07, 6.45) is 4.19. The van der Waals surface area contributed by atoms with Crippen LogP contribution in [0.1, 0.15) is 17.0 Å². The van der Waals surface area contributed by atoms with Crippen LogP contribution >= 0.6 is 0 Å². The molecular weight excluding hydrogens is 294 g/mol. The predicted molar refractivity (Wildman–Crippen MR) is 85.3 cm³/mol. The van der Waals surface area contributed by atoms with Crippen molar-refractivity contribution in [3.63, 3.8) is 0 Å². The number of non-ortho nitro benzene ring substituents is 1. The SMILES string of the molecule is O=[N+]([O-])c1ccc(Cc2nccn2Cc2cccc(O)c2)cc1. The normalized spacial score (nSPS) is 10.6. The Bertz CT molecular complexity index is 825. The summed E-state index contributed by atoms with van der Waals surface area (Å²) in [4.78, 5) is 14.6. The van der Waals surface area contributed by atoms with Gasteiger partial charge < -0.3 is 9.67 Å². The Hall–Kier alpha value is -3.15. The summed E-state index contributed by atoms with van der Waals surface area (Å²) in [5.74, 6) is 1.10. The lowest BCUT2D eigenvalue weighted by Gasteiger charge is -2.08. The zero-order valence-corrected chi connectivity index (χ0v) is 12.3. The maximum absolute atomic E-state index is 10.7. The highest BCUT2D eigenvalue weighted by Crippen LogP contribution is 2.16. The molecule has 2 aromatic carbocycles. The van der Waals surface area contributed by atoms with Gasteiger partial charge in [-0.3, -0.25) is 10.1 Å². The Morgan fingerprint density at radius 2 is 1.91 bits per heavy atom. The molecule has 6 nitrogen and oxygen atoms in total. The van der Waals surface area contributed by atoms with E-state index in [4.69, 9.17) is 0 Å². The molecule has 23 heavy (non-hydrogen) atoms. The average molecular weight is 309 g/mol. The maximum atomic E-state index is 10.7. The van der Waals surface area contributed by atoms with E-state index < -0.39 is 4.92 Å². The third-order valence-corrected chi connectivity index (χ3v) is 3.57. The predicted octanol–water partition coefficient (Wildman–Crippen LogP) is 3.14. The fourth-order valence-corrected chi connectivity index (χ4v) is 2.42. The zero-order chi connectivity index (χ0) is 16.2. The molecular formula is C17H15N3O3. The van der Waals surface area contributed by atoms with Gasteiger partial charge in [-0.05, 0) is 23.3 Å². The Labute approximate surface area is 132 Å². The Balaban J connectivity index is 1.77. The molecule has 116 valence electrons. The van der Waals surface area contributed by atoms with Gasteiger partial charge in [0.2, 0.25) is 0 Å². The summed E-state index contributed by atoms with van der Waals surface area (Å²) < 4.78 is 2.00. The highest BCUT2D eigenvalue weighted by Gasteiger charge is 2.08. The van der Waals surface area contributed by atoms with Crippen LogP contribution in [-0.4, -0.2) is 19.6 Å². The Kier molecular flexibility index (Phi) is 4.05. The van der Waals surface area contributed by atoms with Gasteiger partial charge in [0.05, 0.1) is 4.92 Å². The quantitative estimate of drug-likeness (QED) is 0.580. The van der Waals surface area contributed by atoms with Crippen LogP contribution in [0.2, 0.25) is 0 Å². The third kappa shape index (κ3) is 3.55. The van der Waals surface area contributed by atoms with Gasteiger partial charge in [0.15, 0.2) is 0 Å². The summed E-state index contributed by atoms with van der Waals surface area (Å²) in [7, 11) is 0. The molecule has 0 radical (unpaired) electrons. The highest BCUT2D eigenvalue weighted by molar-refractivity contribution is 5.34. The molecule has 0 aliphatic rings. The number of hydrogen-bond donors (Lipinski definition) is 1. The fourth-order valence-electron chi connectivity index (χ4n) is 2.42. The van der Waals surface area contributed by atoms with E-state index in [0.29, 0.717) is 13.0 Å². The van der Waals surface area contributed by atoms with Crippen molar-refractivity contribution in [1.29, 1.82) is 0 Å². The minimum atomic E-state index is -0.410. The van der Waals surface area contributed by atoms with Crippen molar-refractivity contribution in [3.05, 3.63) is 88.0 Å². The van der Waals surface area contributed by atoms with E-state index in [0.717, 1.165) is 17.0 Å². The number of rotatable bonds is 5. The number of aromatic hydroxyl groups is 1. The van der Waals surface area contributed by atoms with Gasteiger partial charge in [-0.1, -0.05) is 24.3 Å². The molecule has 0 bridgehead atoms. The van der Waals surface area contributed by atoms with Crippen LogP contribution in [0.4, 0.5) is 5.69 Å². The van der Waals surface area contributed by atoms with Gasteiger partial charge in [-0.15, -0.1) is 0 Å². The van der Waals surface area contributed by atoms with Crippen LogP contribution < -0.4 is 0 Å². The number of hydrogen-bond acceptors (Lipinski definition) is 4. The van der Waals surface area contributed by atoms with Gasteiger partial charge >= 0.3 is 0 Å². The first-order valence-electron chi connectivity index (χ1n) is 7.13. The van der Waals surface area contributed by atoms with Crippen LogP contribution in [0.15, 0.2) is 60.9 Å². The van der Waals surface area contributed by atoms with E-state index in [1.807, 2.05) is 16.8 Å². The summed E-state index contributed by atoms with van der Waals surface area (Å²) in [5.41, 5.74) is 2.02. The minimum Gasteiger partial charge on any atom is -0.508 e. The second-order valence-corrected chi connectivity index (χ2v) is 5.24. The number of nitrogens with zero attached hydrogens (tertiary/aromatic N) is 3. The van der Waals surface area contributed by atoms with Crippen LogP contribution in [0, 0.1) is 10.1 Å². The van der Waals surface area contributed by atoms with Crippen LogP contribution in [0.5, 0.6) is 5.75 Å². The molecule has 0 unspecified atom stereocenters. The second-order valence-electron chi connectivity index (χ2n) is 5.24. The molecule has 0 saturated heterocycles. The number of phenols is 1. The van der Waals surface area contributed by atoms with Gasteiger partial charge in [0, 0.05) is 37.5 Å². The first kappa shape index (κ1) is 14.8. The summed E-state index contributed by atoms with van der Waals surface area (Å²) >= 11 is 0. The average Bonchev–Trinajstić information content (AvgIpc) is 2.95. The van der Waals surface area contributed by atoms with Crippen LogP contribution in [0.3, 0.4) is 0 Å². The first-order valence-corrected chi connectivity index (χ1v) is 7.13. The monoisotopic (exact) mass is 309 g/mol. The van der Waals surface area contributed by atoms with Crippen LogP contribution in [-0.2, 0) is 13.0 Å². The summed E-state index contributed by atoms with van der Waals surface area (Å²) in [5, 5.41) is 20.2. The third-order valence-electron chi connectivity index (χ3n) is 3.57. The van der Waals surface area contributed by atoms with Crippen molar-refractivity contribution in [2.24, 2.45) is 0 Å². The van der Waals surface area contributed by atoms with E-state index in [9.17, 15) is 15.2 Å². The van der Waals surface area contributed by atoms with Crippen molar-refractivity contribution in [2.45, 2.75) is 13.0 Å². The standard InChI is InChI=1S/C17H15N3O3/c21-16-3-1-2-14(10-16)12-19-9-8-18-17(19)11-13-4-6-15(7-5-13)20(22)23/h1-10,21H,11-12H2. The molecule has 0 amide bonds. The molecule has 6 heteroatoms. The van der Waals surface area contributed by atoms with Gasteiger partial charge in [-0.2, -0.15) is 0 Å². The fraction of sp³-hybridized carbons (Fsp3) is 0.118. The molecule has 1 aromatic heterocycles. The zero-order valence-electron chi connectivity index (χ0n) is 12.3. The molecule has 1 N–H and O–H groups in total. The molecule has 1 heterocycles. The van der Waals surface area contributed by atoms with Gasteiger partial charge in [-0.25, -0.2) is 4.98 Å². The number of nitro benzene ring substituents is 1. The smallest absolute Gasteiger partial charge is 0.269 e. The molecule has 3 aromatic rings. The van der Waals surface area contributed by atoms with Gasteiger partial charge in [0.25, 0.3) is 5.69 Å². The van der Waals surface area contributed by atoms with E-state index >= 15 is 0 Å². The first-order chi connectivity index (χ1) is 11.1. The van der Waals surface area contributed by atoms with Crippen molar-refractivity contribution in [2.75, 3.05) is 0 Å². The van der Waals surface area contributed by atoms with Crippen molar-refractivity contribution < 1.29 is 10.0 Å². The molecule has 0 atom stereocenters. The minimum absolute atomic E-state index is 0.0804. The topological polar surface area (TPSA) is 81.2 Å². The molecule has 0 saturated carbocycles. The number of phenolic OH excluding ortho intramolecular Hbond substituents is 1. The van der Waals surface area contributed by atoms with E-state index in [1.54, 1.807) is 36.5 Å². The molecule has 0 aliphatic heterocycles. The summed E-state index contributed by atoms with van der Waals surface area (Å²) in [6, 6.07) is 13.6. The lowest BCUT2D eigenvalue weighted by atomic mass is 10.1. The molecule has 0 aliphatic carbocycles. The number of aromatic nitrogens is 2. The molecule has 0 fully saturated rings. The molecule has 3 rings (SSSR count).